The summed E-state index contributed by atoms with van der Waals surface area (Å²) in [6, 6.07) is 1.04. The quantitative estimate of drug-likeness (QED) is 0.641. The molecule has 6 nitrogen and oxygen atoms in total. The van der Waals surface area contributed by atoms with Gasteiger partial charge in [0.2, 0.25) is 0 Å². The highest BCUT2D eigenvalue weighted by atomic mass is 28.4. The van der Waals surface area contributed by atoms with E-state index in [1.165, 1.54) is 7.11 Å². The number of carbonyl (C=O) groups excluding carboxylic acids is 1. The van der Waals surface area contributed by atoms with Gasteiger partial charge in [0.1, 0.15) is 11.3 Å². The van der Waals surface area contributed by atoms with Gasteiger partial charge in [-0.3, -0.25) is 4.79 Å². The van der Waals surface area contributed by atoms with Crippen molar-refractivity contribution in [2.24, 2.45) is 5.92 Å². The summed E-state index contributed by atoms with van der Waals surface area (Å²) in [4.78, 5) is 24.9. The second-order valence-corrected chi connectivity index (χ2v) is 13.8. The topological polar surface area (TPSA) is 77.8 Å². The average molecular weight is 380 g/mol. The van der Waals surface area contributed by atoms with E-state index in [4.69, 9.17) is 9.16 Å². The van der Waals surface area contributed by atoms with E-state index in [0.717, 1.165) is 18.9 Å². The molecule has 0 amide bonds. The molecular formula is C19H29NO5Si. The summed E-state index contributed by atoms with van der Waals surface area (Å²) in [5.41, 5.74) is 0.488. The van der Waals surface area contributed by atoms with Gasteiger partial charge in [-0.25, -0.2) is 4.79 Å². The van der Waals surface area contributed by atoms with Gasteiger partial charge in [0.05, 0.1) is 19.8 Å². The van der Waals surface area contributed by atoms with Crippen LogP contribution in [0.4, 0.5) is 0 Å². The Morgan fingerprint density at radius 2 is 2.00 bits per heavy atom. The zero-order chi connectivity index (χ0) is 19.4. The van der Waals surface area contributed by atoms with Gasteiger partial charge in [-0.15, -0.1) is 0 Å². The minimum absolute atomic E-state index is 0.0878. The van der Waals surface area contributed by atoms with Crippen molar-refractivity contribution in [2.75, 3.05) is 13.7 Å². The third kappa shape index (κ3) is 2.81. The lowest BCUT2D eigenvalue weighted by Crippen LogP contribution is -2.43. The number of aromatic nitrogens is 1. The highest BCUT2D eigenvalue weighted by Crippen LogP contribution is 2.55. The first-order valence-corrected chi connectivity index (χ1v) is 12.1. The van der Waals surface area contributed by atoms with Crippen LogP contribution >= 0.6 is 0 Å². The molecule has 1 aliphatic carbocycles. The van der Waals surface area contributed by atoms with Crippen LogP contribution < -0.4 is 5.56 Å². The van der Waals surface area contributed by atoms with Gasteiger partial charge in [0.25, 0.3) is 5.56 Å². The zero-order valence-corrected chi connectivity index (χ0v) is 17.5. The summed E-state index contributed by atoms with van der Waals surface area (Å²) in [5.74, 6) is -0.498. The van der Waals surface area contributed by atoms with Crippen LogP contribution in [0, 0.1) is 5.92 Å². The first kappa shape index (κ1) is 19.2. The van der Waals surface area contributed by atoms with Crippen molar-refractivity contribution >= 4 is 14.3 Å². The van der Waals surface area contributed by atoms with Crippen molar-refractivity contribution in [3.05, 3.63) is 27.7 Å². The molecular weight excluding hydrogens is 350 g/mol. The molecule has 1 fully saturated rings. The smallest absolute Gasteiger partial charge is 0.343 e. The van der Waals surface area contributed by atoms with Crippen molar-refractivity contribution in [2.45, 2.75) is 63.7 Å². The maximum absolute atomic E-state index is 12.7. The number of nitrogens with zero attached hydrogens (tertiary/aromatic N) is 1. The number of carbonyl (C=O) groups is 1. The number of rotatable bonds is 4. The largest absolute Gasteiger partial charge is 0.507 e. The third-order valence-corrected chi connectivity index (χ3v) is 11.1. The van der Waals surface area contributed by atoms with Crippen molar-refractivity contribution in [1.82, 2.24) is 4.57 Å². The van der Waals surface area contributed by atoms with E-state index in [1.54, 1.807) is 4.57 Å². The predicted octanol–water partition coefficient (Wildman–Crippen LogP) is 3.41. The number of pyridine rings is 1. The molecule has 2 heterocycles. The molecule has 1 aromatic rings. The van der Waals surface area contributed by atoms with E-state index < -0.39 is 14.3 Å². The number of esters is 1. The zero-order valence-electron chi connectivity index (χ0n) is 16.5. The Balaban J connectivity index is 2.01. The van der Waals surface area contributed by atoms with Gasteiger partial charge in [-0.1, -0.05) is 20.8 Å². The van der Waals surface area contributed by atoms with Gasteiger partial charge >= 0.3 is 5.97 Å². The second kappa shape index (κ2) is 6.23. The minimum atomic E-state index is -1.95. The SMILES string of the molecule is COC(=O)c1c(O)cc(=O)n2c1[C@@H]1CC[C@@H]1[C@H]2CO[Si](C)(C)C(C)(C)C. The molecule has 7 heteroatoms. The molecule has 3 rings (SSSR count). The molecule has 1 saturated carbocycles. The Morgan fingerprint density at radius 3 is 2.50 bits per heavy atom. The molecule has 0 aromatic carbocycles. The van der Waals surface area contributed by atoms with Crippen LogP contribution in [0.25, 0.3) is 0 Å². The summed E-state index contributed by atoms with van der Waals surface area (Å²) in [6.45, 7) is 11.4. The Labute approximate surface area is 155 Å². The lowest BCUT2D eigenvalue weighted by Gasteiger charge is -2.39. The van der Waals surface area contributed by atoms with Crippen LogP contribution in [-0.2, 0) is 9.16 Å². The van der Waals surface area contributed by atoms with E-state index in [-0.39, 0.29) is 39.8 Å². The van der Waals surface area contributed by atoms with Crippen LogP contribution in [0.5, 0.6) is 5.75 Å². The van der Waals surface area contributed by atoms with E-state index in [2.05, 4.69) is 33.9 Å². The molecule has 0 radical (unpaired) electrons. The molecule has 1 aliphatic heterocycles. The Bertz CT molecular complexity index is 792. The van der Waals surface area contributed by atoms with Gasteiger partial charge < -0.3 is 18.8 Å². The van der Waals surface area contributed by atoms with Gasteiger partial charge in [0, 0.05) is 17.7 Å². The fourth-order valence-electron chi connectivity index (χ4n) is 3.87. The molecule has 3 atom stereocenters. The fourth-order valence-corrected chi connectivity index (χ4v) is 4.89. The number of aromatic hydroxyl groups is 1. The molecule has 0 unspecified atom stereocenters. The lowest BCUT2D eigenvalue weighted by atomic mass is 9.70. The fraction of sp³-hybridized carbons (Fsp3) is 0.684. The highest BCUT2D eigenvalue weighted by molar-refractivity contribution is 6.74. The number of fused-ring (bicyclic) bond motifs is 3. The monoisotopic (exact) mass is 379 g/mol. The molecule has 0 spiro atoms. The standard InChI is InChI=1S/C19H29NO5Si/c1-19(2,3)26(5,6)25-10-13-11-7-8-12(11)17-16(18(23)24-4)14(21)9-15(22)20(13)17/h9,11-13,21H,7-8,10H2,1-6H3/t11-,12+,13+/m0/s1. The van der Waals surface area contributed by atoms with Crippen molar-refractivity contribution in [3.63, 3.8) is 0 Å². The molecule has 2 aliphatic rings. The highest BCUT2D eigenvalue weighted by Gasteiger charge is 2.50. The van der Waals surface area contributed by atoms with E-state index in [1.807, 2.05) is 0 Å². The first-order chi connectivity index (χ1) is 12.0. The van der Waals surface area contributed by atoms with Crippen molar-refractivity contribution < 1.29 is 19.1 Å². The summed E-state index contributed by atoms with van der Waals surface area (Å²) in [6.07, 6.45) is 1.91. The van der Waals surface area contributed by atoms with Crippen LogP contribution in [0.3, 0.4) is 0 Å². The maximum Gasteiger partial charge on any atom is 0.343 e. The van der Waals surface area contributed by atoms with Gasteiger partial charge in [-0.05, 0) is 36.9 Å². The number of hydrogen-bond acceptors (Lipinski definition) is 5. The molecule has 26 heavy (non-hydrogen) atoms. The van der Waals surface area contributed by atoms with Crippen molar-refractivity contribution in [1.29, 1.82) is 0 Å². The van der Waals surface area contributed by atoms with Crippen LogP contribution in [0.15, 0.2) is 10.9 Å². The van der Waals surface area contributed by atoms with Gasteiger partial charge in [-0.2, -0.15) is 0 Å². The summed E-state index contributed by atoms with van der Waals surface area (Å²) < 4.78 is 12.9. The Kier molecular flexibility index (Phi) is 4.59. The second-order valence-electron chi connectivity index (χ2n) is 8.98. The normalized spacial score (nSPS) is 24.6. The molecule has 0 bridgehead atoms. The van der Waals surface area contributed by atoms with Crippen LogP contribution in [0.2, 0.25) is 18.1 Å². The van der Waals surface area contributed by atoms with E-state index in [0.29, 0.717) is 12.3 Å². The lowest BCUT2D eigenvalue weighted by molar-refractivity contribution is 0.0593. The molecule has 144 valence electrons. The Morgan fingerprint density at radius 1 is 1.35 bits per heavy atom. The Hall–Kier alpha value is -1.60. The number of methoxy groups -OCH3 is 1. The maximum atomic E-state index is 12.7. The van der Waals surface area contributed by atoms with E-state index in [9.17, 15) is 14.7 Å². The number of ether oxygens (including phenoxy) is 1. The summed E-state index contributed by atoms with van der Waals surface area (Å²) in [7, 11) is -0.661. The first-order valence-electron chi connectivity index (χ1n) is 9.20. The molecule has 0 saturated heterocycles. The van der Waals surface area contributed by atoms with Crippen molar-refractivity contribution in [3.8, 4) is 5.75 Å². The van der Waals surface area contributed by atoms with Crippen LogP contribution in [-0.4, -0.2) is 37.7 Å². The van der Waals surface area contributed by atoms with Gasteiger partial charge in [0.15, 0.2) is 8.32 Å². The third-order valence-electron chi connectivity index (χ3n) is 6.59. The summed E-state index contributed by atoms with van der Waals surface area (Å²) in [5, 5.41) is 10.3. The minimum Gasteiger partial charge on any atom is -0.507 e. The average Bonchev–Trinajstić information content (AvgIpc) is 2.70. The number of hydrogen-bond donors (Lipinski definition) is 1. The summed E-state index contributed by atoms with van der Waals surface area (Å²) >= 11 is 0. The molecule has 1 aromatic heterocycles. The predicted molar refractivity (Wildman–Crippen MR) is 101 cm³/mol. The van der Waals surface area contributed by atoms with Crippen LogP contribution in [0.1, 0.15) is 61.6 Å². The molecule has 1 N–H and O–H groups in total. The van der Waals surface area contributed by atoms with E-state index >= 15 is 0 Å².